The van der Waals surface area contributed by atoms with E-state index in [0.717, 1.165) is 35.4 Å². The van der Waals surface area contributed by atoms with Crippen LogP contribution in [0.5, 0.6) is 0 Å². The monoisotopic (exact) mass is 297 g/mol. The van der Waals surface area contributed by atoms with Crippen LogP contribution >= 0.6 is 0 Å². The lowest BCUT2D eigenvalue weighted by molar-refractivity contribution is 0.604. The largest absolute Gasteiger partial charge is 0.370 e. The van der Waals surface area contributed by atoms with Crippen LogP contribution in [-0.2, 0) is 0 Å². The molecule has 0 radical (unpaired) electrons. The zero-order valence-corrected chi connectivity index (χ0v) is 13.5. The number of nitrogens with zero attached hydrogens (tertiary/aromatic N) is 4. The molecule has 1 fully saturated rings. The Morgan fingerprint density at radius 3 is 2.73 bits per heavy atom. The number of hydrogen-bond acceptors (Lipinski definition) is 5. The highest BCUT2D eigenvalue weighted by Crippen LogP contribution is 2.36. The molecule has 0 aromatic carbocycles. The van der Waals surface area contributed by atoms with Gasteiger partial charge >= 0.3 is 0 Å². The molecular weight excluding hydrogens is 274 g/mol. The molecule has 5 heteroatoms. The summed E-state index contributed by atoms with van der Waals surface area (Å²) in [5.41, 5.74) is 1.90. The van der Waals surface area contributed by atoms with Crippen molar-refractivity contribution in [1.82, 2.24) is 15.0 Å². The summed E-state index contributed by atoms with van der Waals surface area (Å²) in [6, 6.07) is 6.66. The average molecular weight is 297 g/mol. The summed E-state index contributed by atoms with van der Waals surface area (Å²) in [5.74, 6) is 2.69. The number of rotatable bonds is 6. The summed E-state index contributed by atoms with van der Waals surface area (Å²) >= 11 is 0. The van der Waals surface area contributed by atoms with E-state index in [4.69, 9.17) is 0 Å². The van der Waals surface area contributed by atoms with E-state index < -0.39 is 0 Å². The standard InChI is InChI=1S/C17H23N5/c1-4-18-16-9-15(20-11-21-16)14-7-8-17(19-10-14)22(3)12(2)13-5-6-13/h7-13H,4-6H2,1-3H3,(H,18,20,21). The molecule has 1 aliphatic rings. The Hall–Kier alpha value is -2.17. The van der Waals surface area contributed by atoms with Crippen molar-refractivity contribution in [3.63, 3.8) is 0 Å². The van der Waals surface area contributed by atoms with Crippen LogP contribution in [0.3, 0.4) is 0 Å². The zero-order valence-electron chi connectivity index (χ0n) is 13.5. The van der Waals surface area contributed by atoms with Gasteiger partial charge in [-0.25, -0.2) is 15.0 Å². The number of nitrogens with one attached hydrogen (secondary N) is 1. The van der Waals surface area contributed by atoms with Crippen LogP contribution in [0.4, 0.5) is 11.6 Å². The van der Waals surface area contributed by atoms with Crippen molar-refractivity contribution in [3.05, 3.63) is 30.7 Å². The van der Waals surface area contributed by atoms with Gasteiger partial charge in [-0.3, -0.25) is 0 Å². The fourth-order valence-corrected chi connectivity index (χ4v) is 2.64. The molecule has 116 valence electrons. The van der Waals surface area contributed by atoms with E-state index in [9.17, 15) is 0 Å². The molecule has 0 bridgehead atoms. The predicted octanol–water partition coefficient (Wildman–Crippen LogP) is 3.21. The van der Waals surface area contributed by atoms with Crippen LogP contribution in [0.1, 0.15) is 26.7 Å². The van der Waals surface area contributed by atoms with E-state index in [1.54, 1.807) is 6.33 Å². The quantitative estimate of drug-likeness (QED) is 0.887. The molecule has 1 N–H and O–H groups in total. The second kappa shape index (κ2) is 6.30. The lowest BCUT2D eigenvalue weighted by Gasteiger charge is -2.25. The van der Waals surface area contributed by atoms with Gasteiger partial charge in [-0.15, -0.1) is 0 Å². The molecule has 2 aromatic heterocycles. The van der Waals surface area contributed by atoms with Crippen LogP contribution in [-0.4, -0.2) is 34.6 Å². The van der Waals surface area contributed by atoms with Gasteiger partial charge in [-0.1, -0.05) is 0 Å². The summed E-state index contributed by atoms with van der Waals surface area (Å²) in [7, 11) is 2.12. The number of pyridine rings is 1. The first-order valence-electron chi connectivity index (χ1n) is 7.94. The first kappa shape index (κ1) is 14.8. The minimum absolute atomic E-state index is 0.553. The Labute approximate surface area is 131 Å². The predicted molar refractivity (Wildman–Crippen MR) is 90.0 cm³/mol. The highest BCUT2D eigenvalue weighted by Gasteiger charge is 2.30. The van der Waals surface area contributed by atoms with Crippen LogP contribution in [0, 0.1) is 5.92 Å². The molecule has 0 saturated heterocycles. The maximum absolute atomic E-state index is 4.61. The lowest BCUT2D eigenvalue weighted by Crippen LogP contribution is -2.31. The third-order valence-electron chi connectivity index (χ3n) is 4.35. The van der Waals surface area contributed by atoms with E-state index in [1.807, 2.05) is 12.3 Å². The summed E-state index contributed by atoms with van der Waals surface area (Å²) in [6.07, 6.45) is 6.17. The van der Waals surface area contributed by atoms with Crippen molar-refractivity contribution in [2.24, 2.45) is 5.92 Å². The van der Waals surface area contributed by atoms with Crippen molar-refractivity contribution in [2.45, 2.75) is 32.7 Å². The maximum atomic E-state index is 4.61. The van der Waals surface area contributed by atoms with Crippen LogP contribution in [0.2, 0.25) is 0 Å². The highest BCUT2D eigenvalue weighted by atomic mass is 15.2. The molecule has 2 aromatic rings. The highest BCUT2D eigenvalue weighted by molar-refractivity contribution is 5.62. The molecule has 1 saturated carbocycles. The second-order valence-electron chi connectivity index (χ2n) is 5.91. The minimum Gasteiger partial charge on any atom is -0.370 e. The van der Waals surface area contributed by atoms with E-state index in [-0.39, 0.29) is 0 Å². The molecule has 5 nitrogen and oxygen atoms in total. The molecule has 0 spiro atoms. The van der Waals surface area contributed by atoms with E-state index in [2.05, 4.69) is 58.2 Å². The third kappa shape index (κ3) is 3.18. The van der Waals surface area contributed by atoms with Gasteiger partial charge in [0, 0.05) is 37.5 Å². The van der Waals surface area contributed by atoms with Gasteiger partial charge in [-0.05, 0) is 44.7 Å². The molecule has 1 unspecified atom stereocenters. The van der Waals surface area contributed by atoms with Gasteiger partial charge in [0.1, 0.15) is 18.0 Å². The fraction of sp³-hybridized carbons (Fsp3) is 0.471. The van der Waals surface area contributed by atoms with Gasteiger partial charge in [0.25, 0.3) is 0 Å². The van der Waals surface area contributed by atoms with Gasteiger partial charge in [0.15, 0.2) is 0 Å². The first-order valence-corrected chi connectivity index (χ1v) is 7.94. The van der Waals surface area contributed by atoms with E-state index in [1.165, 1.54) is 12.8 Å². The van der Waals surface area contributed by atoms with E-state index >= 15 is 0 Å². The van der Waals surface area contributed by atoms with Gasteiger partial charge in [0.2, 0.25) is 0 Å². The number of aromatic nitrogens is 3. The van der Waals surface area contributed by atoms with Gasteiger partial charge in [-0.2, -0.15) is 0 Å². The molecule has 0 amide bonds. The number of hydrogen-bond donors (Lipinski definition) is 1. The average Bonchev–Trinajstić information content (AvgIpc) is 3.39. The Balaban J connectivity index is 1.77. The minimum atomic E-state index is 0.553. The molecule has 0 aliphatic heterocycles. The molecular formula is C17H23N5. The van der Waals surface area contributed by atoms with Crippen LogP contribution < -0.4 is 10.2 Å². The molecule has 3 rings (SSSR count). The first-order chi connectivity index (χ1) is 10.7. The molecule has 2 heterocycles. The summed E-state index contributed by atoms with van der Waals surface area (Å²) in [6.45, 7) is 5.17. The Morgan fingerprint density at radius 2 is 2.09 bits per heavy atom. The SMILES string of the molecule is CCNc1cc(-c2ccc(N(C)C(C)C3CC3)nc2)ncn1. The Bertz CT molecular complexity index is 621. The summed E-state index contributed by atoms with van der Waals surface area (Å²) in [4.78, 5) is 15.4. The Kier molecular flexibility index (Phi) is 4.22. The zero-order chi connectivity index (χ0) is 15.5. The van der Waals surface area contributed by atoms with Crippen molar-refractivity contribution in [3.8, 4) is 11.3 Å². The second-order valence-corrected chi connectivity index (χ2v) is 5.91. The number of anilines is 2. The van der Waals surface area contributed by atoms with Gasteiger partial charge < -0.3 is 10.2 Å². The van der Waals surface area contributed by atoms with Crippen molar-refractivity contribution in [1.29, 1.82) is 0 Å². The Morgan fingerprint density at radius 1 is 1.27 bits per heavy atom. The van der Waals surface area contributed by atoms with Gasteiger partial charge in [0.05, 0.1) is 5.69 Å². The molecule has 1 atom stereocenters. The van der Waals surface area contributed by atoms with Crippen molar-refractivity contribution in [2.75, 3.05) is 23.8 Å². The third-order valence-corrected chi connectivity index (χ3v) is 4.35. The van der Waals surface area contributed by atoms with E-state index in [0.29, 0.717) is 6.04 Å². The van der Waals surface area contributed by atoms with Crippen molar-refractivity contribution >= 4 is 11.6 Å². The lowest BCUT2D eigenvalue weighted by atomic mass is 10.1. The smallest absolute Gasteiger partial charge is 0.129 e. The fourth-order valence-electron chi connectivity index (χ4n) is 2.64. The topological polar surface area (TPSA) is 53.9 Å². The normalized spacial score (nSPS) is 15.4. The summed E-state index contributed by atoms with van der Waals surface area (Å²) in [5, 5.41) is 3.20. The van der Waals surface area contributed by atoms with Crippen LogP contribution in [0.25, 0.3) is 11.3 Å². The molecule has 22 heavy (non-hydrogen) atoms. The maximum Gasteiger partial charge on any atom is 0.129 e. The summed E-state index contributed by atoms with van der Waals surface area (Å²) < 4.78 is 0. The van der Waals surface area contributed by atoms with Crippen molar-refractivity contribution < 1.29 is 0 Å². The molecule has 1 aliphatic carbocycles. The van der Waals surface area contributed by atoms with Crippen LogP contribution in [0.15, 0.2) is 30.7 Å².